The van der Waals surface area contributed by atoms with Crippen LogP contribution in [0, 0.1) is 0 Å². The van der Waals surface area contributed by atoms with E-state index in [1.807, 2.05) is 18.2 Å². The Labute approximate surface area is 178 Å². The molecule has 3 aromatic rings. The first-order valence-corrected chi connectivity index (χ1v) is 9.29. The molecule has 3 rings (SSSR count). The number of nitrogens with zero attached hydrogens (tertiary/aromatic N) is 2. The van der Waals surface area contributed by atoms with E-state index >= 15 is 0 Å². The van der Waals surface area contributed by atoms with Crippen molar-refractivity contribution in [1.82, 2.24) is 9.97 Å². The van der Waals surface area contributed by atoms with Crippen molar-refractivity contribution in [3.8, 4) is 17.2 Å². The molecule has 0 aliphatic rings. The third-order valence-corrected chi connectivity index (χ3v) is 4.63. The molecule has 0 saturated heterocycles. The van der Waals surface area contributed by atoms with Crippen LogP contribution in [-0.2, 0) is 11.3 Å². The molecular formula is C21H24N4O6. The van der Waals surface area contributed by atoms with Crippen LogP contribution in [0.4, 0.5) is 16.4 Å². The molecule has 0 aliphatic heterocycles. The molecule has 2 aromatic carbocycles. The van der Waals surface area contributed by atoms with E-state index in [1.54, 1.807) is 24.1 Å². The average Bonchev–Trinajstić information content (AvgIpc) is 2.77. The van der Waals surface area contributed by atoms with Gasteiger partial charge in [0.05, 0.1) is 34.0 Å². The summed E-state index contributed by atoms with van der Waals surface area (Å²) < 4.78 is 20.7. The second kappa shape index (κ2) is 9.24. The van der Waals surface area contributed by atoms with Crippen LogP contribution < -0.4 is 30.0 Å². The highest BCUT2D eigenvalue weighted by molar-refractivity contribution is 5.90. The van der Waals surface area contributed by atoms with Crippen molar-refractivity contribution in [3.05, 3.63) is 46.2 Å². The van der Waals surface area contributed by atoms with Crippen LogP contribution in [-0.4, -0.2) is 51.5 Å². The number of H-pyrrole nitrogens is 1. The zero-order valence-corrected chi connectivity index (χ0v) is 17.9. The molecule has 1 heterocycles. The fraction of sp³-hybridized carbons (Fsp3) is 0.286. The van der Waals surface area contributed by atoms with Crippen molar-refractivity contribution < 1.29 is 23.7 Å². The lowest BCUT2D eigenvalue weighted by atomic mass is 10.2. The van der Waals surface area contributed by atoms with Gasteiger partial charge in [-0.2, -0.15) is 0 Å². The van der Waals surface area contributed by atoms with Gasteiger partial charge in [-0.05, 0) is 17.7 Å². The van der Waals surface area contributed by atoms with E-state index in [-0.39, 0.29) is 16.7 Å². The number of rotatable bonds is 7. The number of amides is 1. The summed E-state index contributed by atoms with van der Waals surface area (Å²) in [6, 6.07) is 8.90. The van der Waals surface area contributed by atoms with Gasteiger partial charge in [0.25, 0.3) is 5.56 Å². The lowest BCUT2D eigenvalue weighted by molar-refractivity contribution is 0.187. The van der Waals surface area contributed by atoms with Gasteiger partial charge >= 0.3 is 6.09 Å². The van der Waals surface area contributed by atoms with Gasteiger partial charge in [-0.15, -0.1) is 0 Å². The summed E-state index contributed by atoms with van der Waals surface area (Å²) in [7, 11) is 7.51. The molecule has 0 spiro atoms. The molecule has 31 heavy (non-hydrogen) atoms. The number of ether oxygens (including phenoxy) is 4. The Balaban J connectivity index is 1.97. The maximum absolute atomic E-state index is 12.9. The van der Waals surface area contributed by atoms with Crippen molar-refractivity contribution in [3.63, 3.8) is 0 Å². The molecule has 10 heteroatoms. The molecule has 1 aromatic heterocycles. The summed E-state index contributed by atoms with van der Waals surface area (Å²) in [4.78, 5) is 33.4. The van der Waals surface area contributed by atoms with E-state index in [0.717, 1.165) is 5.56 Å². The molecule has 0 aliphatic carbocycles. The Hall–Kier alpha value is -3.95. The Kier molecular flexibility index (Phi) is 6.49. The van der Waals surface area contributed by atoms with E-state index < -0.39 is 6.09 Å². The van der Waals surface area contributed by atoms with Crippen molar-refractivity contribution >= 4 is 28.6 Å². The topological polar surface area (TPSA) is 115 Å². The van der Waals surface area contributed by atoms with Gasteiger partial charge in [-0.25, -0.2) is 9.78 Å². The van der Waals surface area contributed by atoms with Gasteiger partial charge in [0, 0.05) is 25.3 Å². The van der Waals surface area contributed by atoms with Crippen LogP contribution in [0.15, 0.2) is 35.1 Å². The molecule has 0 radical (unpaired) electrons. The van der Waals surface area contributed by atoms with E-state index in [4.69, 9.17) is 14.2 Å². The lowest BCUT2D eigenvalue weighted by Crippen LogP contribution is -2.23. The third-order valence-electron chi connectivity index (χ3n) is 4.63. The van der Waals surface area contributed by atoms with Crippen LogP contribution in [0.1, 0.15) is 5.56 Å². The summed E-state index contributed by atoms with van der Waals surface area (Å²) in [5.74, 6) is 1.33. The number of benzene rings is 2. The highest BCUT2D eigenvalue weighted by Crippen LogP contribution is 2.41. The van der Waals surface area contributed by atoms with E-state index in [9.17, 15) is 9.59 Å². The minimum atomic E-state index is -0.552. The summed E-state index contributed by atoms with van der Waals surface area (Å²) in [6.07, 6.45) is -0.552. The normalized spacial score (nSPS) is 10.5. The van der Waals surface area contributed by atoms with Crippen molar-refractivity contribution in [2.75, 3.05) is 45.7 Å². The van der Waals surface area contributed by atoms with Gasteiger partial charge in [-0.3, -0.25) is 15.1 Å². The van der Waals surface area contributed by atoms with Crippen LogP contribution in [0.2, 0.25) is 0 Å². The zero-order valence-electron chi connectivity index (χ0n) is 17.9. The van der Waals surface area contributed by atoms with E-state index in [2.05, 4.69) is 20.0 Å². The largest absolute Gasteiger partial charge is 0.493 e. The van der Waals surface area contributed by atoms with Gasteiger partial charge in [0.1, 0.15) is 5.39 Å². The van der Waals surface area contributed by atoms with Crippen LogP contribution >= 0.6 is 0 Å². The van der Waals surface area contributed by atoms with Crippen LogP contribution in [0.3, 0.4) is 0 Å². The molecule has 164 valence electrons. The summed E-state index contributed by atoms with van der Waals surface area (Å²) >= 11 is 0. The Morgan fingerprint density at radius 2 is 1.84 bits per heavy atom. The van der Waals surface area contributed by atoms with Crippen LogP contribution in [0.25, 0.3) is 10.9 Å². The molecule has 0 atom stereocenters. The van der Waals surface area contributed by atoms with Crippen molar-refractivity contribution in [2.45, 2.75) is 6.54 Å². The number of anilines is 2. The predicted molar refractivity (Wildman–Crippen MR) is 117 cm³/mol. The zero-order chi connectivity index (χ0) is 22.5. The van der Waals surface area contributed by atoms with Gasteiger partial charge < -0.3 is 23.8 Å². The SMILES string of the molecule is COC(=O)Nc1cccc(CN(C)c2nc3cc(OC)c(OC)c(OC)c3c(=O)[nH]2)c1. The highest BCUT2D eigenvalue weighted by Gasteiger charge is 2.20. The van der Waals surface area contributed by atoms with Crippen molar-refractivity contribution in [1.29, 1.82) is 0 Å². The van der Waals surface area contributed by atoms with Crippen LogP contribution in [0.5, 0.6) is 17.2 Å². The number of fused-ring (bicyclic) bond motifs is 1. The van der Waals surface area contributed by atoms with Gasteiger partial charge in [0.2, 0.25) is 11.7 Å². The number of carbonyl (C=O) groups excluding carboxylic acids is 1. The molecule has 2 N–H and O–H groups in total. The minimum absolute atomic E-state index is 0.251. The Bertz CT molecular complexity index is 1160. The first-order valence-electron chi connectivity index (χ1n) is 9.29. The number of nitrogens with one attached hydrogen (secondary N) is 2. The predicted octanol–water partition coefficient (Wildman–Crippen LogP) is 2.76. The number of aromatic nitrogens is 2. The second-order valence-electron chi connectivity index (χ2n) is 6.60. The highest BCUT2D eigenvalue weighted by atomic mass is 16.5. The maximum atomic E-state index is 12.9. The minimum Gasteiger partial charge on any atom is -0.493 e. The first-order chi connectivity index (χ1) is 14.9. The molecular weight excluding hydrogens is 404 g/mol. The molecule has 1 amide bonds. The van der Waals surface area contributed by atoms with E-state index in [0.29, 0.717) is 35.2 Å². The van der Waals surface area contributed by atoms with Crippen molar-refractivity contribution in [2.24, 2.45) is 0 Å². The van der Waals surface area contributed by atoms with Gasteiger partial charge in [-0.1, -0.05) is 12.1 Å². The Morgan fingerprint density at radius 1 is 1.10 bits per heavy atom. The fourth-order valence-electron chi connectivity index (χ4n) is 3.20. The van der Waals surface area contributed by atoms with E-state index in [1.165, 1.54) is 28.4 Å². The number of carbonyl (C=O) groups is 1. The molecule has 0 unspecified atom stereocenters. The average molecular weight is 428 g/mol. The molecule has 10 nitrogen and oxygen atoms in total. The number of hydrogen-bond donors (Lipinski definition) is 2. The monoisotopic (exact) mass is 428 g/mol. The molecule has 0 saturated carbocycles. The summed E-state index contributed by atoms with van der Waals surface area (Å²) in [6.45, 7) is 0.426. The first kappa shape index (κ1) is 21.8. The number of methoxy groups -OCH3 is 4. The fourth-order valence-corrected chi connectivity index (χ4v) is 3.20. The molecule has 0 bridgehead atoms. The smallest absolute Gasteiger partial charge is 0.411 e. The number of aromatic amines is 1. The maximum Gasteiger partial charge on any atom is 0.411 e. The standard InChI is InChI=1S/C21H24N4O6/c1-25(11-12-7-6-8-13(9-12)22-21(27)31-5)20-23-14-10-15(28-2)17(29-3)18(30-4)16(14)19(26)24-20/h6-10H,11H2,1-5H3,(H,22,27)(H,23,24,26). The molecule has 0 fully saturated rings. The lowest BCUT2D eigenvalue weighted by Gasteiger charge is -2.19. The summed E-state index contributed by atoms with van der Waals surface area (Å²) in [5.41, 5.74) is 1.52. The number of hydrogen-bond acceptors (Lipinski definition) is 8. The second-order valence-corrected chi connectivity index (χ2v) is 6.60. The van der Waals surface area contributed by atoms with Gasteiger partial charge in [0.15, 0.2) is 11.5 Å². The Morgan fingerprint density at radius 3 is 2.48 bits per heavy atom. The summed E-state index contributed by atoms with van der Waals surface area (Å²) in [5, 5.41) is 2.89. The third kappa shape index (κ3) is 4.47. The quantitative estimate of drug-likeness (QED) is 0.590.